The van der Waals surface area contributed by atoms with Crippen LogP contribution in [0.1, 0.15) is 65.2 Å². The summed E-state index contributed by atoms with van der Waals surface area (Å²) in [6.45, 7) is 18.9. The van der Waals surface area contributed by atoms with Gasteiger partial charge in [0.1, 0.15) is 18.3 Å². The number of aryl methyl sites for hydroxylation is 3. The van der Waals surface area contributed by atoms with Crippen LogP contribution in [-0.4, -0.2) is 136 Å². The zero-order valence-electron chi connectivity index (χ0n) is 43.2. The summed E-state index contributed by atoms with van der Waals surface area (Å²) in [5.74, 6) is 2.48. The number of carbonyl (C=O) groups is 3. The molecule has 0 saturated carbocycles. The molecule has 6 rings (SSSR count). The third kappa shape index (κ3) is 20.0. The molecule has 70 heavy (non-hydrogen) atoms. The fourth-order valence-electron chi connectivity index (χ4n) is 6.87. The van der Waals surface area contributed by atoms with E-state index in [1.54, 1.807) is 31.4 Å². The van der Waals surface area contributed by atoms with Crippen LogP contribution >= 0.6 is 0 Å². The molecule has 12 atom stereocenters. The van der Waals surface area contributed by atoms with Crippen molar-refractivity contribution in [2.75, 3.05) is 48.3 Å². The molecule has 0 unspecified atom stereocenters. The van der Waals surface area contributed by atoms with E-state index in [1.165, 1.54) is 35.0 Å². The van der Waals surface area contributed by atoms with Gasteiger partial charge in [-0.15, -0.1) is 0 Å². The van der Waals surface area contributed by atoms with E-state index in [2.05, 4.69) is 6.92 Å². The van der Waals surface area contributed by atoms with E-state index in [9.17, 15) is 29.7 Å². The number of esters is 3. The predicted molar refractivity (Wildman–Crippen MR) is 249 cm³/mol. The van der Waals surface area contributed by atoms with E-state index in [4.69, 9.17) is 62.3 Å². The van der Waals surface area contributed by atoms with Crippen molar-refractivity contribution >= 4 is 17.9 Å². The Hall–Kier alpha value is -4.41. The number of hydrogen-bond acceptors (Lipinski definition) is 19. The maximum atomic E-state index is 11.4. The second kappa shape index (κ2) is 31.8. The number of phenolic OH excluding ortho intramolecular Hbond substituents is 1. The molecule has 3 aromatic carbocycles. The summed E-state index contributed by atoms with van der Waals surface area (Å²) < 4.78 is 58.7. The number of carbonyl (C=O) groups excluding carboxylic acids is 3. The van der Waals surface area contributed by atoms with Gasteiger partial charge in [-0.2, -0.15) is 7.11 Å². The predicted octanol–water partition coefficient (Wildman–Crippen LogP) is 1.56. The molecule has 388 valence electrons. The van der Waals surface area contributed by atoms with Crippen molar-refractivity contribution in [1.82, 2.24) is 0 Å². The molecular formula is C50H73NaO19. The molecule has 3 heterocycles. The summed E-state index contributed by atoms with van der Waals surface area (Å²) in [7, 11) is 5.39. The average molecular weight is 1000 g/mol. The topological polar surface area (TPSA) is 257 Å². The summed E-state index contributed by atoms with van der Waals surface area (Å²) in [4.78, 5) is 33.2. The van der Waals surface area contributed by atoms with Gasteiger partial charge in [-0.05, 0) is 85.7 Å². The van der Waals surface area contributed by atoms with Crippen molar-refractivity contribution in [2.45, 2.75) is 119 Å². The van der Waals surface area contributed by atoms with Gasteiger partial charge in [-0.1, -0.05) is 45.9 Å². The average Bonchev–Trinajstić information content (AvgIpc) is 3.31. The van der Waals surface area contributed by atoms with Crippen LogP contribution < -0.4 is 58.3 Å². The van der Waals surface area contributed by atoms with Gasteiger partial charge in [0, 0.05) is 32.6 Å². The van der Waals surface area contributed by atoms with Crippen molar-refractivity contribution in [3.8, 4) is 34.5 Å². The minimum absolute atomic E-state index is 0. The Morgan fingerprint density at radius 3 is 1.31 bits per heavy atom. The molecule has 3 aliphatic rings. The SMILES string of the molecule is CC(=O)O[C@@H]1OC[C@@H](C)[C@H](C)[C@H]1OC(C)=O.COc1cc(C)ccc1O.COc1cc(C)ccc1O[C@@H]1OC[C@@H](C)[C@H](C)[C@H]1OC(C)=O.COc1cc(C)ccc1O[C@@H]1OC[C@@H](O)[C@H](O)[C@H]1O.C[O-].[Na+]. The van der Waals surface area contributed by atoms with Crippen LogP contribution in [0.4, 0.5) is 0 Å². The second-order valence-electron chi connectivity index (χ2n) is 16.8. The van der Waals surface area contributed by atoms with Crippen LogP contribution in [-0.2, 0) is 42.8 Å². The van der Waals surface area contributed by atoms with Crippen molar-refractivity contribution in [3.05, 3.63) is 71.3 Å². The molecule has 0 amide bonds. The smallest absolute Gasteiger partial charge is 0.857 e. The first kappa shape index (κ1) is 63.6. The Bertz CT molecular complexity index is 2040. The van der Waals surface area contributed by atoms with Crippen molar-refractivity contribution in [1.29, 1.82) is 0 Å². The Kier molecular flexibility index (Phi) is 28.9. The van der Waals surface area contributed by atoms with Crippen LogP contribution in [0.5, 0.6) is 34.5 Å². The van der Waals surface area contributed by atoms with Gasteiger partial charge in [0.25, 0.3) is 0 Å². The standard InChI is InChI=1S/C17H24O5.C13H18O6.C11H18O5.C8H10O2.CH3O.Na/c1-10-6-7-14(15(8-10)19-5)22-17-16(21-13(4)18)12(3)11(2)9-20-17;1-7-3-4-9(10(5-7)17-2)19-13-12(16)11(15)8(14)6-18-13;1-6-5-14-11(16-9(4)13)10(7(6)2)15-8(3)12;1-6-3-4-7(9)8(5-6)10-2;1-2;/h6-8,11-12,16-17H,9H2,1-5H3;3-5,8,11-16H,6H2,1-2H3;6-7,10-11H,5H2,1-4H3;3-5,9H,1-2H3;1H3;/q;;;;-1;+1/t11-,12+,16-,17+;8-,11+,12-,13+;6-,7+,10-,11+;;;/m111.../s1. The van der Waals surface area contributed by atoms with Crippen LogP contribution in [0.25, 0.3) is 0 Å². The summed E-state index contributed by atoms with van der Waals surface area (Å²) in [6, 6.07) is 16.2. The molecule has 3 aromatic rings. The first-order valence-electron chi connectivity index (χ1n) is 22.4. The van der Waals surface area contributed by atoms with E-state index in [-0.39, 0.29) is 65.6 Å². The quantitative estimate of drug-likeness (QED) is 0.128. The number of benzene rings is 3. The van der Waals surface area contributed by atoms with Gasteiger partial charge < -0.3 is 77.6 Å². The molecule has 20 heteroatoms. The number of phenols is 1. The van der Waals surface area contributed by atoms with Crippen molar-refractivity contribution < 1.29 is 122 Å². The monoisotopic (exact) mass is 1000 g/mol. The zero-order valence-corrected chi connectivity index (χ0v) is 45.2. The van der Waals surface area contributed by atoms with E-state index in [0.717, 1.165) is 23.8 Å². The minimum atomic E-state index is -1.32. The van der Waals surface area contributed by atoms with Crippen LogP contribution in [0, 0.1) is 44.4 Å². The number of aromatic hydroxyl groups is 1. The molecule has 19 nitrogen and oxygen atoms in total. The second-order valence-corrected chi connectivity index (χ2v) is 16.8. The number of methoxy groups -OCH3 is 3. The van der Waals surface area contributed by atoms with Crippen molar-refractivity contribution in [3.63, 3.8) is 0 Å². The molecule has 4 N–H and O–H groups in total. The first-order valence-corrected chi connectivity index (χ1v) is 22.4. The Balaban J connectivity index is 0.000000472. The van der Waals surface area contributed by atoms with Gasteiger partial charge in [0.15, 0.2) is 46.7 Å². The molecule has 3 aliphatic heterocycles. The van der Waals surface area contributed by atoms with Gasteiger partial charge in [-0.25, -0.2) is 0 Å². The molecule has 3 fully saturated rings. The van der Waals surface area contributed by atoms with E-state index in [1.807, 2.05) is 71.9 Å². The summed E-state index contributed by atoms with van der Waals surface area (Å²) in [5.41, 5.74) is 3.16. The maximum absolute atomic E-state index is 11.4. The summed E-state index contributed by atoms with van der Waals surface area (Å²) in [6.07, 6.45) is -7.16. The number of ether oxygens (including phenoxy) is 11. The van der Waals surface area contributed by atoms with Gasteiger partial charge in [-0.3, -0.25) is 14.4 Å². The van der Waals surface area contributed by atoms with Crippen LogP contribution in [0.3, 0.4) is 0 Å². The Morgan fingerprint density at radius 2 is 0.900 bits per heavy atom. The normalized spacial score (nSPS) is 26.5. The third-order valence-corrected chi connectivity index (χ3v) is 11.2. The Labute approximate surface area is 433 Å². The Morgan fingerprint density at radius 1 is 0.529 bits per heavy atom. The van der Waals surface area contributed by atoms with Crippen molar-refractivity contribution in [2.24, 2.45) is 23.7 Å². The summed E-state index contributed by atoms with van der Waals surface area (Å²) in [5, 5.41) is 46.1. The molecular weight excluding hydrogens is 928 g/mol. The molecule has 0 aromatic heterocycles. The number of aliphatic hydroxyl groups is 3. The molecule has 0 bridgehead atoms. The maximum Gasteiger partial charge on any atom is 1.00 e. The van der Waals surface area contributed by atoms with Gasteiger partial charge in [0.05, 0.1) is 41.2 Å². The molecule has 0 aliphatic carbocycles. The van der Waals surface area contributed by atoms with E-state index >= 15 is 0 Å². The molecule has 3 saturated heterocycles. The zero-order chi connectivity index (χ0) is 52.1. The first-order chi connectivity index (χ1) is 32.6. The number of aliphatic hydroxyl groups excluding tert-OH is 3. The molecule has 0 radical (unpaired) electrons. The fraction of sp³-hybridized carbons (Fsp3) is 0.580. The minimum Gasteiger partial charge on any atom is -0.857 e. The molecule has 0 spiro atoms. The third-order valence-electron chi connectivity index (χ3n) is 11.2. The summed E-state index contributed by atoms with van der Waals surface area (Å²) >= 11 is 0. The van der Waals surface area contributed by atoms with Gasteiger partial charge in [0.2, 0.25) is 18.9 Å². The van der Waals surface area contributed by atoms with E-state index < -0.39 is 61.3 Å². The largest absolute Gasteiger partial charge is 1.00 e. The van der Waals surface area contributed by atoms with Crippen LogP contribution in [0.2, 0.25) is 0 Å². The number of hydrogen-bond donors (Lipinski definition) is 4. The van der Waals surface area contributed by atoms with E-state index in [0.29, 0.717) is 47.9 Å². The fourth-order valence-corrected chi connectivity index (χ4v) is 6.87. The van der Waals surface area contributed by atoms with Gasteiger partial charge >= 0.3 is 47.5 Å². The van der Waals surface area contributed by atoms with Crippen LogP contribution in [0.15, 0.2) is 54.6 Å². The number of rotatable bonds is 10.